The van der Waals surface area contributed by atoms with E-state index < -0.39 is 5.69 Å². The minimum atomic E-state index is -0.450. The molecule has 142 valence electrons. The summed E-state index contributed by atoms with van der Waals surface area (Å²) in [7, 11) is 0. The fourth-order valence-corrected chi connectivity index (χ4v) is 3.62. The van der Waals surface area contributed by atoms with Gasteiger partial charge < -0.3 is 4.57 Å². The van der Waals surface area contributed by atoms with E-state index in [1.165, 1.54) is 9.13 Å². The zero-order chi connectivity index (χ0) is 19.8. The molecule has 0 bridgehead atoms. The lowest BCUT2D eigenvalue weighted by molar-refractivity contribution is 0.655. The Morgan fingerprint density at radius 3 is 2.46 bits per heavy atom. The first-order valence-corrected chi connectivity index (χ1v) is 9.40. The van der Waals surface area contributed by atoms with Crippen molar-refractivity contribution in [3.8, 4) is 5.69 Å². The van der Waals surface area contributed by atoms with Crippen LogP contribution in [0.3, 0.4) is 0 Å². The van der Waals surface area contributed by atoms with Gasteiger partial charge in [0.2, 0.25) is 0 Å². The van der Waals surface area contributed by atoms with Crippen molar-refractivity contribution in [2.75, 3.05) is 0 Å². The Kier molecular flexibility index (Phi) is 4.65. The molecule has 0 aliphatic heterocycles. The normalized spacial score (nSPS) is 11.2. The van der Waals surface area contributed by atoms with Crippen molar-refractivity contribution in [3.63, 3.8) is 0 Å². The molecule has 2 heterocycles. The number of para-hydroxylation sites is 1. The van der Waals surface area contributed by atoms with Gasteiger partial charge in [0.1, 0.15) is 0 Å². The lowest BCUT2D eigenvalue weighted by Gasteiger charge is -2.13. The first-order chi connectivity index (χ1) is 13.5. The van der Waals surface area contributed by atoms with Gasteiger partial charge in [0.05, 0.1) is 17.0 Å². The number of hydrogen-bond donors (Lipinski definition) is 0. The number of fused-ring (bicyclic) bond motifs is 1. The summed E-state index contributed by atoms with van der Waals surface area (Å²) in [6, 6.07) is 15.0. The second-order valence-electron chi connectivity index (χ2n) is 6.59. The molecule has 4 rings (SSSR count). The number of aromatic nitrogens is 4. The van der Waals surface area contributed by atoms with E-state index in [1.54, 1.807) is 42.1 Å². The predicted molar refractivity (Wildman–Crippen MR) is 111 cm³/mol. The second kappa shape index (κ2) is 7.13. The third kappa shape index (κ3) is 2.86. The highest BCUT2D eigenvalue weighted by molar-refractivity contribution is 6.32. The van der Waals surface area contributed by atoms with E-state index in [0.717, 1.165) is 11.1 Å². The molecule has 0 atom stereocenters. The van der Waals surface area contributed by atoms with Gasteiger partial charge >= 0.3 is 5.69 Å². The second-order valence-corrected chi connectivity index (χ2v) is 7.00. The van der Waals surface area contributed by atoms with E-state index in [0.29, 0.717) is 28.4 Å². The van der Waals surface area contributed by atoms with Gasteiger partial charge in [-0.05, 0) is 37.1 Å². The molecular weight excluding hydrogens is 376 g/mol. The van der Waals surface area contributed by atoms with Gasteiger partial charge in [0, 0.05) is 13.1 Å². The summed E-state index contributed by atoms with van der Waals surface area (Å²) in [5.41, 5.74) is 2.60. The van der Waals surface area contributed by atoms with Gasteiger partial charge in [-0.1, -0.05) is 48.0 Å². The highest BCUT2D eigenvalue weighted by Gasteiger charge is 2.20. The Hall–Kier alpha value is -3.12. The quantitative estimate of drug-likeness (QED) is 0.533. The number of aryl methyl sites for hydroxylation is 1. The average molecular weight is 395 g/mol. The maximum Gasteiger partial charge on any atom is 0.337 e. The largest absolute Gasteiger partial charge is 0.337 e. The average Bonchev–Trinajstić information content (AvgIpc) is 3.09. The first-order valence-electron chi connectivity index (χ1n) is 9.03. The summed E-state index contributed by atoms with van der Waals surface area (Å²) in [5, 5.41) is 0.417. The van der Waals surface area contributed by atoms with Crippen molar-refractivity contribution >= 4 is 22.8 Å². The van der Waals surface area contributed by atoms with Crippen LogP contribution in [-0.4, -0.2) is 18.7 Å². The number of nitrogens with zero attached hydrogens (tertiary/aromatic N) is 4. The Morgan fingerprint density at radius 2 is 1.75 bits per heavy atom. The van der Waals surface area contributed by atoms with Gasteiger partial charge in [-0.25, -0.2) is 14.3 Å². The molecule has 7 heteroatoms. The monoisotopic (exact) mass is 394 g/mol. The van der Waals surface area contributed by atoms with Gasteiger partial charge in [-0.2, -0.15) is 0 Å². The lowest BCUT2D eigenvalue weighted by atomic mass is 10.1. The molecule has 0 radical (unpaired) electrons. The Labute approximate surface area is 166 Å². The van der Waals surface area contributed by atoms with Gasteiger partial charge in [0.15, 0.2) is 11.2 Å². The summed E-state index contributed by atoms with van der Waals surface area (Å²) < 4.78 is 4.41. The molecule has 28 heavy (non-hydrogen) atoms. The van der Waals surface area contributed by atoms with Crippen molar-refractivity contribution in [1.29, 1.82) is 0 Å². The molecule has 0 aliphatic rings. The zero-order valence-electron chi connectivity index (χ0n) is 15.6. The van der Waals surface area contributed by atoms with Crippen molar-refractivity contribution in [2.45, 2.75) is 26.9 Å². The molecule has 0 fully saturated rings. The Balaban J connectivity index is 2.04. The van der Waals surface area contributed by atoms with Crippen molar-refractivity contribution in [3.05, 3.63) is 91.8 Å². The van der Waals surface area contributed by atoms with Gasteiger partial charge in [-0.15, -0.1) is 0 Å². The summed E-state index contributed by atoms with van der Waals surface area (Å²) in [6.45, 7) is 4.54. The van der Waals surface area contributed by atoms with Crippen LogP contribution in [0.5, 0.6) is 0 Å². The molecule has 0 saturated carbocycles. The molecule has 0 unspecified atom stereocenters. The van der Waals surface area contributed by atoms with Crippen LogP contribution < -0.4 is 11.2 Å². The molecule has 0 saturated heterocycles. The Bertz CT molecular complexity index is 1300. The first kappa shape index (κ1) is 18.3. The van der Waals surface area contributed by atoms with Crippen molar-refractivity contribution in [1.82, 2.24) is 18.7 Å². The minimum Gasteiger partial charge on any atom is -0.320 e. The maximum atomic E-state index is 13.1. The molecule has 0 N–H and O–H groups in total. The minimum absolute atomic E-state index is 0.258. The smallest absolute Gasteiger partial charge is 0.320 e. The van der Waals surface area contributed by atoms with Crippen LogP contribution in [-0.2, 0) is 13.1 Å². The van der Waals surface area contributed by atoms with Crippen LogP contribution in [0, 0.1) is 6.92 Å². The van der Waals surface area contributed by atoms with E-state index in [4.69, 9.17) is 11.6 Å². The van der Waals surface area contributed by atoms with E-state index in [1.807, 2.05) is 31.2 Å². The van der Waals surface area contributed by atoms with Crippen LogP contribution in [0.25, 0.3) is 16.9 Å². The third-order valence-corrected chi connectivity index (χ3v) is 5.23. The van der Waals surface area contributed by atoms with Crippen LogP contribution >= 0.6 is 11.6 Å². The molecule has 2 aromatic heterocycles. The highest BCUT2D eigenvalue weighted by atomic mass is 35.5. The van der Waals surface area contributed by atoms with E-state index in [2.05, 4.69) is 4.98 Å². The highest BCUT2D eigenvalue weighted by Crippen LogP contribution is 2.21. The predicted octanol–water partition coefficient (Wildman–Crippen LogP) is 3.38. The molecule has 6 nitrogen and oxygen atoms in total. The van der Waals surface area contributed by atoms with Gasteiger partial charge in [-0.3, -0.25) is 9.36 Å². The van der Waals surface area contributed by atoms with Crippen LogP contribution in [0.1, 0.15) is 18.1 Å². The molecule has 0 aliphatic carbocycles. The van der Waals surface area contributed by atoms with Crippen LogP contribution in [0.4, 0.5) is 0 Å². The van der Waals surface area contributed by atoms with Crippen molar-refractivity contribution in [2.24, 2.45) is 0 Å². The van der Waals surface area contributed by atoms with E-state index in [9.17, 15) is 9.59 Å². The van der Waals surface area contributed by atoms with Gasteiger partial charge in [0.25, 0.3) is 5.56 Å². The maximum absolute atomic E-state index is 13.1. The summed E-state index contributed by atoms with van der Waals surface area (Å²) in [4.78, 5) is 30.5. The third-order valence-electron chi connectivity index (χ3n) is 4.91. The fourth-order valence-electron chi connectivity index (χ4n) is 3.40. The topological polar surface area (TPSA) is 61.8 Å². The summed E-state index contributed by atoms with van der Waals surface area (Å²) in [5.74, 6) is 0. The van der Waals surface area contributed by atoms with Crippen LogP contribution in [0.15, 0.2) is 64.4 Å². The number of imidazole rings is 1. The SMILES string of the molecule is CCn1c(=O)c2c(ncn2Cc2ccccc2C)n(-c2ccccc2Cl)c1=O. The molecule has 4 aromatic rings. The van der Waals surface area contributed by atoms with Crippen LogP contribution in [0.2, 0.25) is 5.02 Å². The standard InChI is InChI=1S/C21H19ClN4O2/c1-3-25-20(27)18-19(26(21(25)28)17-11-7-6-10-16(17)22)23-13-24(18)12-15-9-5-4-8-14(15)2/h4-11,13H,3,12H2,1-2H3. The number of halogens is 1. The lowest BCUT2D eigenvalue weighted by Crippen LogP contribution is -2.39. The fraction of sp³-hybridized carbons (Fsp3) is 0.190. The van der Waals surface area contributed by atoms with E-state index >= 15 is 0 Å². The molecule has 0 spiro atoms. The van der Waals surface area contributed by atoms with Crippen molar-refractivity contribution < 1.29 is 0 Å². The molecule has 0 amide bonds. The number of hydrogen-bond acceptors (Lipinski definition) is 3. The molecular formula is C21H19ClN4O2. The summed E-state index contributed by atoms with van der Waals surface area (Å²) in [6.07, 6.45) is 1.60. The zero-order valence-corrected chi connectivity index (χ0v) is 16.3. The number of rotatable bonds is 4. The van der Waals surface area contributed by atoms with E-state index in [-0.39, 0.29) is 12.1 Å². The molecule has 2 aromatic carbocycles. The summed E-state index contributed by atoms with van der Waals surface area (Å²) >= 11 is 6.34. The number of benzene rings is 2. The Morgan fingerprint density at radius 1 is 1.04 bits per heavy atom.